The molecule has 1 fully saturated rings. The van der Waals surface area contributed by atoms with Crippen LogP contribution >= 0.6 is 0 Å². The van der Waals surface area contributed by atoms with Gasteiger partial charge in [0.05, 0.1) is 5.69 Å². The highest BCUT2D eigenvalue weighted by molar-refractivity contribution is 7.89. The minimum Gasteiger partial charge on any atom is -0.354 e. The minimum absolute atomic E-state index is 0.142. The van der Waals surface area contributed by atoms with Crippen LogP contribution in [0.5, 0.6) is 0 Å². The van der Waals surface area contributed by atoms with Crippen molar-refractivity contribution in [1.82, 2.24) is 14.3 Å². The second-order valence-corrected chi connectivity index (χ2v) is 8.50. The van der Waals surface area contributed by atoms with Gasteiger partial charge in [0.1, 0.15) is 28.7 Å². The molecule has 1 aliphatic rings. The lowest BCUT2D eigenvalue weighted by Crippen LogP contribution is -2.49. The Morgan fingerprint density at radius 1 is 0.862 bits per heavy atom. The first-order valence-electron chi connectivity index (χ1n) is 9.03. The van der Waals surface area contributed by atoms with E-state index in [-0.39, 0.29) is 13.1 Å². The molecular weight excluding hydrogens is 398 g/mol. The van der Waals surface area contributed by atoms with Crippen LogP contribution in [0.3, 0.4) is 0 Å². The second-order valence-electron chi connectivity index (χ2n) is 6.59. The number of hydrogen-bond donors (Lipinski definition) is 0. The summed E-state index contributed by atoms with van der Waals surface area (Å²) in [5.41, 5.74) is 1.73. The number of hydrogen-bond acceptors (Lipinski definition) is 5. The van der Waals surface area contributed by atoms with Gasteiger partial charge < -0.3 is 4.90 Å². The summed E-state index contributed by atoms with van der Waals surface area (Å²) in [5.74, 6) is -1.07. The molecule has 1 saturated heterocycles. The van der Waals surface area contributed by atoms with Gasteiger partial charge in [-0.3, -0.25) is 0 Å². The van der Waals surface area contributed by atoms with Crippen LogP contribution in [0.15, 0.2) is 65.8 Å². The Balaban J connectivity index is 1.51. The monoisotopic (exact) mass is 416 g/mol. The van der Waals surface area contributed by atoms with E-state index in [0.29, 0.717) is 25.0 Å². The Labute approximate surface area is 167 Å². The maximum atomic E-state index is 14.0. The van der Waals surface area contributed by atoms with E-state index in [0.717, 1.165) is 23.4 Å². The van der Waals surface area contributed by atoms with Crippen LogP contribution in [0, 0.1) is 11.6 Å². The topological polar surface area (TPSA) is 66.4 Å². The number of anilines is 1. The average molecular weight is 416 g/mol. The Morgan fingerprint density at radius 3 is 2.31 bits per heavy atom. The third-order valence-corrected chi connectivity index (χ3v) is 6.71. The van der Waals surface area contributed by atoms with Crippen LogP contribution in [-0.2, 0) is 10.0 Å². The minimum atomic E-state index is -4.11. The predicted octanol–water partition coefficient (Wildman–Crippen LogP) is 2.93. The molecule has 4 rings (SSSR count). The van der Waals surface area contributed by atoms with Crippen LogP contribution in [0.4, 0.5) is 14.6 Å². The van der Waals surface area contributed by atoms with E-state index in [1.165, 1.54) is 10.6 Å². The first-order chi connectivity index (χ1) is 13.9. The third-order valence-electron chi connectivity index (χ3n) is 4.80. The van der Waals surface area contributed by atoms with Gasteiger partial charge in [-0.1, -0.05) is 30.3 Å². The summed E-state index contributed by atoms with van der Waals surface area (Å²) in [6, 6.07) is 14.0. The molecule has 150 valence electrons. The molecule has 0 bridgehead atoms. The van der Waals surface area contributed by atoms with Crippen molar-refractivity contribution in [2.75, 3.05) is 31.1 Å². The van der Waals surface area contributed by atoms with Gasteiger partial charge in [-0.25, -0.2) is 27.2 Å². The number of nitrogens with zero attached hydrogens (tertiary/aromatic N) is 4. The Bertz CT molecular complexity index is 1120. The fraction of sp³-hybridized carbons (Fsp3) is 0.200. The number of rotatable bonds is 4. The van der Waals surface area contributed by atoms with E-state index in [1.807, 2.05) is 41.3 Å². The Hall–Kier alpha value is -2.91. The second kappa shape index (κ2) is 7.84. The molecule has 9 heteroatoms. The quantitative estimate of drug-likeness (QED) is 0.654. The molecule has 0 unspecified atom stereocenters. The standard InChI is InChI=1S/C20H18F2N4O2S/c21-16-6-7-17(22)19(12-16)29(27,28)26-10-8-25(9-11-26)20-13-18(23-14-24-20)15-4-2-1-3-5-15/h1-7,12-14H,8-11H2. The highest BCUT2D eigenvalue weighted by Crippen LogP contribution is 2.24. The molecule has 6 nitrogen and oxygen atoms in total. The largest absolute Gasteiger partial charge is 0.354 e. The molecule has 0 spiro atoms. The van der Waals surface area contributed by atoms with E-state index in [1.54, 1.807) is 0 Å². The smallest absolute Gasteiger partial charge is 0.246 e. The third kappa shape index (κ3) is 3.96. The van der Waals surface area contributed by atoms with E-state index < -0.39 is 26.6 Å². The SMILES string of the molecule is O=S(=O)(c1cc(F)ccc1F)N1CCN(c2cc(-c3ccccc3)ncn2)CC1. The normalized spacial score (nSPS) is 15.4. The molecular formula is C20H18F2N4O2S. The zero-order valence-electron chi connectivity index (χ0n) is 15.4. The van der Waals surface area contributed by atoms with Crippen LogP contribution in [0.25, 0.3) is 11.3 Å². The summed E-state index contributed by atoms with van der Waals surface area (Å²) < 4.78 is 54.0. The highest BCUT2D eigenvalue weighted by Gasteiger charge is 2.31. The molecule has 1 aromatic heterocycles. The Morgan fingerprint density at radius 2 is 1.59 bits per heavy atom. The number of benzene rings is 2. The fourth-order valence-corrected chi connectivity index (χ4v) is 4.76. The molecule has 0 aliphatic carbocycles. The van der Waals surface area contributed by atoms with Gasteiger partial charge >= 0.3 is 0 Å². The van der Waals surface area contributed by atoms with Crippen molar-refractivity contribution in [1.29, 1.82) is 0 Å². The molecule has 2 aromatic carbocycles. The lowest BCUT2D eigenvalue weighted by atomic mass is 10.1. The van der Waals surface area contributed by atoms with Crippen molar-refractivity contribution in [3.8, 4) is 11.3 Å². The summed E-state index contributed by atoms with van der Waals surface area (Å²) in [6.07, 6.45) is 1.48. The van der Waals surface area contributed by atoms with Crippen molar-refractivity contribution in [3.05, 3.63) is 72.6 Å². The van der Waals surface area contributed by atoms with Gasteiger partial charge in [-0.2, -0.15) is 4.31 Å². The number of piperazine rings is 1. The zero-order valence-corrected chi connectivity index (χ0v) is 16.2. The summed E-state index contributed by atoms with van der Waals surface area (Å²) in [5, 5.41) is 0. The molecule has 29 heavy (non-hydrogen) atoms. The summed E-state index contributed by atoms with van der Waals surface area (Å²) in [7, 11) is -4.11. The number of aromatic nitrogens is 2. The predicted molar refractivity (Wildman–Crippen MR) is 105 cm³/mol. The number of sulfonamides is 1. The molecule has 1 aliphatic heterocycles. The Kier molecular flexibility index (Phi) is 5.25. The maximum Gasteiger partial charge on any atom is 0.246 e. The van der Waals surface area contributed by atoms with E-state index in [4.69, 9.17) is 0 Å². The maximum absolute atomic E-state index is 14.0. The van der Waals surface area contributed by atoms with Crippen molar-refractivity contribution < 1.29 is 17.2 Å². The summed E-state index contributed by atoms with van der Waals surface area (Å²) in [4.78, 5) is 9.90. The summed E-state index contributed by atoms with van der Waals surface area (Å²) >= 11 is 0. The van der Waals surface area contributed by atoms with Crippen molar-refractivity contribution in [2.45, 2.75) is 4.90 Å². The molecule has 0 saturated carbocycles. The molecule has 0 atom stereocenters. The average Bonchev–Trinajstić information content (AvgIpc) is 2.76. The summed E-state index contributed by atoms with van der Waals surface area (Å²) in [6.45, 7) is 1.04. The van der Waals surface area contributed by atoms with Crippen molar-refractivity contribution in [3.63, 3.8) is 0 Å². The molecule has 2 heterocycles. The zero-order chi connectivity index (χ0) is 20.4. The number of halogens is 2. The molecule has 0 N–H and O–H groups in total. The van der Waals surface area contributed by atoms with Gasteiger partial charge in [0, 0.05) is 37.8 Å². The van der Waals surface area contributed by atoms with Gasteiger partial charge in [-0.05, 0) is 18.2 Å². The van der Waals surface area contributed by atoms with E-state index in [2.05, 4.69) is 9.97 Å². The van der Waals surface area contributed by atoms with Crippen LogP contribution in [-0.4, -0.2) is 48.9 Å². The first kappa shape index (κ1) is 19.4. The lowest BCUT2D eigenvalue weighted by Gasteiger charge is -2.34. The van der Waals surface area contributed by atoms with Gasteiger partial charge in [0.2, 0.25) is 10.0 Å². The lowest BCUT2D eigenvalue weighted by molar-refractivity contribution is 0.381. The van der Waals surface area contributed by atoms with E-state index in [9.17, 15) is 17.2 Å². The van der Waals surface area contributed by atoms with Crippen LogP contribution in [0.1, 0.15) is 0 Å². The molecule has 0 radical (unpaired) electrons. The van der Waals surface area contributed by atoms with E-state index >= 15 is 0 Å². The van der Waals surface area contributed by atoms with Crippen molar-refractivity contribution >= 4 is 15.8 Å². The van der Waals surface area contributed by atoms with Crippen LogP contribution < -0.4 is 4.90 Å². The van der Waals surface area contributed by atoms with Gasteiger partial charge in [0.25, 0.3) is 0 Å². The fourth-order valence-electron chi connectivity index (χ4n) is 3.26. The highest BCUT2D eigenvalue weighted by atomic mass is 32.2. The van der Waals surface area contributed by atoms with Crippen molar-refractivity contribution in [2.24, 2.45) is 0 Å². The first-order valence-corrected chi connectivity index (χ1v) is 10.5. The van der Waals surface area contributed by atoms with Gasteiger partial charge in [-0.15, -0.1) is 0 Å². The van der Waals surface area contributed by atoms with Crippen LogP contribution in [0.2, 0.25) is 0 Å². The molecule has 3 aromatic rings. The van der Waals surface area contributed by atoms with Gasteiger partial charge in [0.15, 0.2) is 0 Å². The molecule has 0 amide bonds.